The SMILES string of the molecule is O=C(CSc1nnc(-c2ccncc2)n1-c1ccccc1)N/N=C/c1cc([N+](=O)[O-])ccc1O. The Balaban J connectivity index is 1.47. The van der Waals surface area contributed by atoms with Crippen molar-refractivity contribution in [2.75, 3.05) is 5.75 Å². The van der Waals surface area contributed by atoms with Crippen molar-refractivity contribution in [3.8, 4) is 22.8 Å². The first-order valence-electron chi connectivity index (χ1n) is 9.86. The monoisotopic (exact) mass is 475 g/mol. The standard InChI is InChI=1S/C22H17N7O4S/c30-19-7-6-18(29(32)33)12-16(19)13-24-25-20(31)14-34-22-27-26-21(15-8-10-23-11-9-15)28(22)17-4-2-1-3-5-17/h1-13,30H,14H2,(H,25,31)/b24-13+. The van der Waals surface area contributed by atoms with E-state index in [1.165, 1.54) is 23.9 Å². The number of rotatable bonds is 8. The normalized spacial score (nSPS) is 10.9. The van der Waals surface area contributed by atoms with Crippen molar-refractivity contribution in [1.82, 2.24) is 25.2 Å². The van der Waals surface area contributed by atoms with Crippen LogP contribution in [0.3, 0.4) is 0 Å². The van der Waals surface area contributed by atoms with E-state index >= 15 is 0 Å². The molecule has 0 aliphatic carbocycles. The van der Waals surface area contributed by atoms with Crippen LogP contribution in [0.15, 0.2) is 83.3 Å². The van der Waals surface area contributed by atoms with E-state index < -0.39 is 10.8 Å². The van der Waals surface area contributed by atoms with Gasteiger partial charge in [0.1, 0.15) is 5.75 Å². The Labute approximate surface area is 197 Å². The third-order valence-corrected chi connectivity index (χ3v) is 5.46. The highest BCUT2D eigenvalue weighted by Gasteiger charge is 2.17. The predicted molar refractivity (Wildman–Crippen MR) is 126 cm³/mol. The van der Waals surface area contributed by atoms with Gasteiger partial charge >= 0.3 is 0 Å². The molecule has 4 rings (SSSR count). The Morgan fingerprint density at radius 3 is 2.65 bits per heavy atom. The number of benzene rings is 2. The summed E-state index contributed by atoms with van der Waals surface area (Å²) in [4.78, 5) is 26.6. The smallest absolute Gasteiger partial charge is 0.270 e. The predicted octanol–water partition coefficient (Wildman–Crippen LogP) is 3.19. The number of amides is 1. The Bertz CT molecular complexity index is 1340. The summed E-state index contributed by atoms with van der Waals surface area (Å²) in [5.41, 5.74) is 3.90. The molecule has 2 N–H and O–H groups in total. The summed E-state index contributed by atoms with van der Waals surface area (Å²) >= 11 is 1.17. The van der Waals surface area contributed by atoms with Crippen LogP contribution in [0.2, 0.25) is 0 Å². The largest absolute Gasteiger partial charge is 0.507 e. The number of pyridine rings is 1. The van der Waals surface area contributed by atoms with Crippen LogP contribution in [0.1, 0.15) is 5.56 Å². The topological polar surface area (TPSA) is 148 Å². The third-order valence-electron chi connectivity index (χ3n) is 4.53. The highest BCUT2D eigenvalue weighted by atomic mass is 32.2. The van der Waals surface area contributed by atoms with E-state index in [0.717, 1.165) is 23.5 Å². The van der Waals surface area contributed by atoms with Crippen molar-refractivity contribution in [2.24, 2.45) is 5.10 Å². The number of carbonyl (C=O) groups is 1. The fourth-order valence-corrected chi connectivity index (χ4v) is 3.70. The van der Waals surface area contributed by atoms with Gasteiger partial charge in [0.25, 0.3) is 11.6 Å². The summed E-state index contributed by atoms with van der Waals surface area (Å²) in [6, 6.07) is 16.7. The van der Waals surface area contributed by atoms with E-state index in [1.54, 1.807) is 12.4 Å². The lowest BCUT2D eigenvalue weighted by Crippen LogP contribution is -2.20. The molecule has 0 fully saturated rings. The summed E-state index contributed by atoms with van der Waals surface area (Å²) in [6.45, 7) is 0. The molecule has 0 bridgehead atoms. The molecule has 2 heterocycles. The first-order valence-corrected chi connectivity index (χ1v) is 10.8. The zero-order chi connectivity index (χ0) is 23.9. The lowest BCUT2D eigenvalue weighted by Gasteiger charge is -2.10. The van der Waals surface area contributed by atoms with Gasteiger partial charge in [0, 0.05) is 41.3 Å². The number of hydrazone groups is 1. The lowest BCUT2D eigenvalue weighted by molar-refractivity contribution is -0.384. The van der Waals surface area contributed by atoms with Crippen LogP contribution in [0.25, 0.3) is 17.1 Å². The molecule has 0 aliphatic rings. The highest BCUT2D eigenvalue weighted by Crippen LogP contribution is 2.27. The fraction of sp³-hybridized carbons (Fsp3) is 0.0455. The molecule has 11 nitrogen and oxygen atoms in total. The molecule has 2 aromatic heterocycles. The number of carbonyl (C=O) groups excluding carboxylic acids is 1. The van der Waals surface area contributed by atoms with Crippen LogP contribution in [-0.4, -0.2) is 47.7 Å². The number of non-ortho nitro benzene ring substituents is 1. The molecular formula is C22H17N7O4S. The first-order chi connectivity index (χ1) is 16.5. The van der Waals surface area contributed by atoms with Gasteiger partial charge in [-0.25, -0.2) is 5.43 Å². The van der Waals surface area contributed by atoms with Gasteiger partial charge in [-0.05, 0) is 30.3 Å². The van der Waals surface area contributed by atoms with Gasteiger partial charge < -0.3 is 5.11 Å². The minimum Gasteiger partial charge on any atom is -0.507 e. The molecule has 0 spiro atoms. The van der Waals surface area contributed by atoms with Gasteiger partial charge in [0.15, 0.2) is 11.0 Å². The summed E-state index contributed by atoms with van der Waals surface area (Å²) in [5, 5.41) is 33.5. The number of aromatic nitrogens is 4. The van der Waals surface area contributed by atoms with Crippen molar-refractivity contribution < 1.29 is 14.8 Å². The van der Waals surface area contributed by atoms with Crippen molar-refractivity contribution in [2.45, 2.75) is 5.16 Å². The second-order valence-electron chi connectivity index (χ2n) is 6.80. The second-order valence-corrected chi connectivity index (χ2v) is 7.74. The number of nitro groups is 1. The van der Waals surface area contributed by atoms with Gasteiger partial charge in [0.2, 0.25) is 0 Å². The Morgan fingerprint density at radius 2 is 1.91 bits per heavy atom. The first kappa shape index (κ1) is 22.6. The summed E-state index contributed by atoms with van der Waals surface area (Å²) < 4.78 is 1.84. The fourth-order valence-electron chi connectivity index (χ4n) is 2.96. The molecule has 0 saturated carbocycles. The van der Waals surface area contributed by atoms with Crippen LogP contribution in [0.4, 0.5) is 5.69 Å². The molecule has 4 aromatic rings. The average molecular weight is 475 g/mol. The molecular weight excluding hydrogens is 458 g/mol. The number of thioether (sulfide) groups is 1. The van der Waals surface area contributed by atoms with E-state index in [1.807, 2.05) is 47.0 Å². The summed E-state index contributed by atoms with van der Waals surface area (Å²) in [6.07, 6.45) is 4.46. The quantitative estimate of drug-likeness (QED) is 0.171. The average Bonchev–Trinajstić information content (AvgIpc) is 3.29. The number of hydrogen-bond donors (Lipinski definition) is 2. The van der Waals surface area contributed by atoms with Crippen molar-refractivity contribution >= 4 is 29.6 Å². The molecule has 170 valence electrons. The van der Waals surface area contributed by atoms with Crippen molar-refractivity contribution in [3.05, 3.63) is 88.7 Å². The highest BCUT2D eigenvalue weighted by molar-refractivity contribution is 7.99. The van der Waals surface area contributed by atoms with Crippen LogP contribution < -0.4 is 5.43 Å². The zero-order valence-corrected chi connectivity index (χ0v) is 18.3. The van der Waals surface area contributed by atoms with E-state index in [4.69, 9.17) is 0 Å². The van der Waals surface area contributed by atoms with Crippen LogP contribution >= 0.6 is 11.8 Å². The number of hydrogen-bond acceptors (Lipinski definition) is 9. The third kappa shape index (κ3) is 5.24. The minimum atomic E-state index is -0.588. The number of phenolic OH excluding ortho intramolecular Hbond substituents is 1. The van der Waals surface area contributed by atoms with E-state index in [9.17, 15) is 20.0 Å². The lowest BCUT2D eigenvalue weighted by atomic mass is 10.2. The van der Waals surface area contributed by atoms with Crippen LogP contribution in [0.5, 0.6) is 5.75 Å². The maximum Gasteiger partial charge on any atom is 0.270 e. The number of para-hydroxylation sites is 1. The minimum absolute atomic E-state index is 0.0143. The molecule has 0 aliphatic heterocycles. The Morgan fingerprint density at radius 1 is 1.15 bits per heavy atom. The van der Waals surface area contributed by atoms with E-state index in [-0.39, 0.29) is 22.8 Å². The van der Waals surface area contributed by atoms with Gasteiger partial charge in [-0.3, -0.25) is 24.5 Å². The number of nitro benzene ring substituents is 1. The molecule has 1 amide bonds. The van der Waals surface area contributed by atoms with Gasteiger partial charge in [-0.2, -0.15) is 5.10 Å². The number of phenols is 1. The summed E-state index contributed by atoms with van der Waals surface area (Å²) in [5.74, 6) is -0.0351. The Hall–Kier alpha value is -4.58. The molecule has 34 heavy (non-hydrogen) atoms. The van der Waals surface area contributed by atoms with E-state index in [0.29, 0.717) is 11.0 Å². The van der Waals surface area contributed by atoms with Crippen LogP contribution in [-0.2, 0) is 4.79 Å². The van der Waals surface area contributed by atoms with Crippen molar-refractivity contribution in [3.63, 3.8) is 0 Å². The van der Waals surface area contributed by atoms with Crippen molar-refractivity contribution in [1.29, 1.82) is 0 Å². The van der Waals surface area contributed by atoms with Gasteiger partial charge in [0.05, 0.1) is 16.9 Å². The molecule has 0 saturated heterocycles. The van der Waals surface area contributed by atoms with Gasteiger partial charge in [-0.15, -0.1) is 10.2 Å². The molecule has 0 radical (unpaired) electrons. The van der Waals surface area contributed by atoms with Crippen LogP contribution in [0, 0.1) is 10.1 Å². The number of nitrogens with zero attached hydrogens (tertiary/aromatic N) is 6. The Kier molecular flexibility index (Phi) is 6.89. The summed E-state index contributed by atoms with van der Waals surface area (Å²) in [7, 11) is 0. The molecule has 12 heteroatoms. The second kappa shape index (κ2) is 10.4. The molecule has 0 unspecified atom stereocenters. The van der Waals surface area contributed by atoms with E-state index in [2.05, 4.69) is 25.7 Å². The molecule has 0 atom stereocenters. The maximum absolute atomic E-state index is 12.3. The molecule has 2 aromatic carbocycles. The number of nitrogens with one attached hydrogen (secondary N) is 1. The maximum atomic E-state index is 12.3. The van der Waals surface area contributed by atoms with Gasteiger partial charge in [-0.1, -0.05) is 30.0 Å². The zero-order valence-electron chi connectivity index (χ0n) is 17.5. The number of aromatic hydroxyl groups is 1.